The Kier molecular flexibility index (Phi) is 2.52. The van der Waals surface area contributed by atoms with Crippen LogP contribution in [0.3, 0.4) is 0 Å². The minimum absolute atomic E-state index is 0.0352. The highest BCUT2D eigenvalue weighted by atomic mass is 16.1. The molecule has 2 N–H and O–H groups in total. The van der Waals surface area contributed by atoms with E-state index in [1.165, 1.54) is 6.92 Å². The SMILES string of the molecule is CC(=O)C(N)c1ccc2c(c1)nc(C)n2C. The van der Waals surface area contributed by atoms with E-state index in [4.69, 9.17) is 5.73 Å². The van der Waals surface area contributed by atoms with Crippen LogP contribution in [0.15, 0.2) is 18.2 Å². The van der Waals surface area contributed by atoms with Crippen LogP contribution in [0.5, 0.6) is 0 Å². The van der Waals surface area contributed by atoms with Gasteiger partial charge in [0.25, 0.3) is 0 Å². The van der Waals surface area contributed by atoms with Crippen molar-refractivity contribution in [2.45, 2.75) is 19.9 Å². The summed E-state index contributed by atoms with van der Waals surface area (Å²) in [7, 11) is 1.97. The van der Waals surface area contributed by atoms with Gasteiger partial charge in [0, 0.05) is 7.05 Å². The molecular weight excluding hydrogens is 202 g/mol. The first kappa shape index (κ1) is 10.8. The van der Waals surface area contributed by atoms with E-state index in [0.717, 1.165) is 22.4 Å². The second kappa shape index (κ2) is 3.72. The number of hydrogen-bond acceptors (Lipinski definition) is 3. The van der Waals surface area contributed by atoms with Gasteiger partial charge in [-0.15, -0.1) is 0 Å². The number of Topliss-reactive ketones (excluding diaryl/α,β-unsaturated/α-hetero) is 1. The van der Waals surface area contributed by atoms with E-state index in [2.05, 4.69) is 4.98 Å². The lowest BCUT2D eigenvalue weighted by atomic mass is 10.0. The molecule has 4 nitrogen and oxygen atoms in total. The molecule has 0 amide bonds. The van der Waals surface area contributed by atoms with Crippen molar-refractivity contribution in [2.24, 2.45) is 12.8 Å². The summed E-state index contributed by atoms with van der Waals surface area (Å²) in [6.45, 7) is 3.45. The minimum atomic E-state index is -0.549. The fourth-order valence-corrected chi connectivity index (χ4v) is 1.77. The predicted octanol–water partition coefficient (Wildman–Crippen LogP) is 1.47. The maximum Gasteiger partial charge on any atom is 0.150 e. The molecule has 0 spiro atoms. The van der Waals surface area contributed by atoms with Gasteiger partial charge in [-0.1, -0.05) is 6.07 Å². The van der Waals surface area contributed by atoms with Crippen molar-refractivity contribution in [3.05, 3.63) is 29.6 Å². The van der Waals surface area contributed by atoms with Crippen LogP contribution in [0.1, 0.15) is 24.4 Å². The third-order valence-corrected chi connectivity index (χ3v) is 2.93. The summed E-state index contributed by atoms with van der Waals surface area (Å²) in [5, 5.41) is 0. The molecule has 1 aromatic carbocycles. The summed E-state index contributed by atoms with van der Waals surface area (Å²) >= 11 is 0. The molecular formula is C12H15N3O. The number of ketones is 1. The summed E-state index contributed by atoms with van der Waals surface area (Å²) in [6.07, 6.45) is 0. The van der Waals surface area contributed by atoms with Crippen LogP contribution in [0.4, 0.5) is 0 Å². The van der Waals surface area contributed by atoms with Crippen molar-refractivity contribution in [2.75, 3.05) is 0 Å². The van der Waals surface area contributed by atoms with Crippen LogP contribution in [0.2, 0.25) is 0 Å². The molecule has 0 bridgehead atoms. The van der Waals surface area contributed by atoms with E-state index >= 15 is 0 Å². The highest BCUT2D eigenvalue weighted by molar-refractivity contribution is 5.85. The molecule has 0 fully saturated rings. The van der Waals surface area contributed by atoms with Crippen molar-refractivity contribution in [3.63, 3.8) is 0 Å². The van der Waals surface area contributed by atoms with Gasteiger partial charge in [-0.25, -0.2) is 4.98 Å². The number of rotatable bonds is 2. The summed E-state index contributed by atoms with van der Waals surface area (Å²) < 4.78 is 2.01. The Hall–Kier alpha value is -1.68. The molecule has 0 saturated carbocycles. The maximum absolute atomic E-state index is 11.2. The Bertz CT molecular complexity index is 557. The van der Waals surface area contributed by atoms with Crippen LogP contribution in [-0.4, -0.2) is 15.3 Å². The molecule has 0 aliphatic rings. The molecule has 0 aliphatic heterocycles. The Balaban J connectivity index is 2.56. The van der Waals surface area contributed by atoms with Gasteiger partial charge in [-0.05, 0) is 31.5 Å². The van der Waals surface area contributed by atoms with E-state index in [1.54, 1.807) is 0 Å². The number of nitrogens with zero attached hydrogens (tertiary/aromatic N) is 2. The predicted molar refractivity (Wildman–Crippen MR) is 63.1 cm³/mol. The third kappa shape index (κ3) is 1.61. The van der Waals surface area contributed by atoms with Crippen molar-refractivity contribution in [3.8, 4) is 0 Å². The molecule has 4 heteroatoms. The van der Waals surface area contributed by atoms with Crippen molar-refractivity contribution >= 4 is 16.8 Å². The summed E-state index contributed by atoms with van der Waals surface area (Å²) in [6, 6.07) is 5.17. The minimum Gasteiger partial charge on any atom is -0.331 e. The van der Waals surface area contributed by atoms with Gasteiger partial charge in [0.2, 0.25) is 0 Å². The highest BCUT2D eigenvalue weighted by Gasteiger charge is 2.13. The lowest BCUT2D eigenvalue weighted by molar-refractivity contribution is -0.118. The molecule has 1 aromatic heterocycles. The van der Waals surface area contributed by atoms with E-state index in [1.807, 2.05) is 36.7 Å². The standard InChI is InChI=1S/C12H15N3O/c1-7(16)12(13)9-4-5-11-10(6-9)14-8(2)15(11)3/h4-6,12H,13H2,1-3H3. The first-order chi connectivity index (χ1) is 7.50. The monoisotopic (exact) mass is 217 g/mol. The molecule has 1 atom stereocenters. The first-order valence-electron chi connectivity index (χ1n) is 5.19. The number of carbonyl (C=O) groups is 1. The maximum atomic E-state index is 11.2. The quantitative estimate of drug-likeness (QED) is 0.828. The smallest absolute Gasteiger partial charge is 0.150 e. The first-order valence-corrected chi connectivity index (χ1v) is 5.19. The number of carbonyl (C=O) groups excluding carboxylic acids is 1. The molecule has 0 radical (unpaired) electrons. The van der Waals surface area contributed by atoms with Gasteiger partial charge in [0.05, 0.1) is 17.1 Å². The van der Waals surface area contributed by atoms with E-state index in [-0.39, 0.29) is 5.78 Å². The summed E-state index contributed by atoms with van der Waals surface area (Å²) in [5.74, 6) is 0.913. The Morgan fingerprint density at radius 1 is 1.50 bits per heavy atom. The Labute approximate surface area is 94.1 Å². The normalized spacial score (nSPS) is 13.0. The summed E-state index contributed by atoms with van der Waals surface area (Å²) in [4.78, 5) is 15.6. The largest absolute Gasteiger partial charge is 0.331 e. The van der Waals surface area contributed by atoms with Gasteiger partial charge in [-0.3, -0.25) is 4.79 Å². The number of nitrogens with two attached hydrogens (primary N) is 1. The van der Waals surface area contributed by atoms with E-state index in [9.17, 15) is 4.79 Å². The summed E-state index contributed by atoms with van der Waals surface area (Å²) in [5.41, 5.74) is 8.54. The fourth-order valence-electron chi connectivity index (χ4n) is 1.77. The zero-order chi connectivity index (χ0) is 11.9. The second-order valence-corrected chi connectivity index (χ2v) is 4.05. The van der Waals surface area contributed by atoms with E-state index < -0.39 is 6.04 Å². The van der Waals surface area contributed by atoms with Crippen molar-refractivity contribution in [1.29, 1.82) is 0 Å². The lowest BCUT2D eigenvalue weighted by Crippen LogP contribution is -2.18. The van der Waals surface area contributed by atoms with E-state index in [0.29, 0.717) is 0 Å². The lowest BCUT2D eigenvalue weighted by Gasteiger charge is -2.07. The zero-order valence-corrected chi connectivity index (χ0v) is 9.69. The number of fused-ring (bicyclic) bond motifs is 1. The second-order valence-electron chi connectivity index (χ2n) is 4.05. The molecule has 2 aromatic rings. The number of aromatic nitrogens is 2. The van der Waals surface area contributed by atoms with Crippen LogP contribution >= 0.6 is 0 Å². The molecule has 84 valence electrons. The zero-order valence-electron chi connectivity index (χ0n) is 9.69. The van der Waals surface area contributed by atoms with Crippen LogP contribution in [0.25, 0.3) is 11.0 Å². The number of aryl methyl sites for hydroxylation is 2. The van der Waals surface area contributed by atoms with Gasteiger partial charge in [0.15, 0.2) is 5.78 Å². The molecule has 1 unspecified atom stereocenters. The Morgan fingerprint density at radius 2 is 2.19 bits per heavy atom. The van der Waals surface area contributed by atoms with Gasteiger partial charge >= 0.3 is 0 Å². The average molecular weight is 217 g/mol. The molecule has 16 heavy (non-hydrogen) atoms. The Morgan fingerprint density at radius 3 is 2.81 bits per heavy atom. The number of hydrogen-bond donors (Lipinski definition) is 1. The number of imidazole rings is 1. The number of benzene rings is 1. The van der Waals surface area contributed by atoms with Gasteiger partial charge in [-0.2, -0.15) is 0 Å². The molecule has 2 rings (SSSR count). The van der Waals surface area contributed by atoms with Crippen molar-refractivity contribution in [1.82, 2.24) is 9.55 Å². The molecule has 0 aliphatic carbocycles. The molecule has 0 saturated heterocycles. The van der Waals surface area contributed by atoms with Crippen molar-refractivity contribution < 1.29 is 4.79 Å². The highest BCUT2D eigenvalue weighted by Crippen LogP contribution is 2.19. The fraction of sp³-hybridized carbons (Fsp3) is 0.333. The van der Waals surface area contributed by atoms with Crippen LogP contribution in [-0.2, 0) is 11.8 Å². The average Bonchev–Trinajstić information content (AvgIpc) is 2.53. The topological polar surface area (TPSA) is 60.9 Å². The van der Waals surface area contributed by atoms with Gasteiger partial charge < -0.3 is 10.3 Å². The van der Waals surface area contributed by atoms with Crippen LogP contribution < -0.4 is 5.73 Å². The third-order valence-electron chi connectivity index (χ3n) is 2.93. The van der Waals surface area contributed by atoms with Crippen LogP contribution in [0, 0.1) is 6.92 Å². The van der Waals surface area contributed by atoms with Gasteiger partial charge in [0.1, 0.15) is 5.82 Å². The molecule has 1 heterocycles.